The Morgan fingerprint density at radius 2 is 2.03 bits per heavy atom. The first-order valence-electron chi connectivity index (χ1n) is 10.3. The number of carbonyl (C=O) groups excluding carboxylic acids is 1. The number of methoxy groups -OCH3 is 2. The highest BCUT2D eigenvalue weighted by Gasteiger charge is 2.32. The van der Waals surface area contributed by atoms with Gasteiger partial charge in [0.15, 0.2) is 11.6 Å². The lowest BCUT2D eigenvalue weighted by Crippen LogP contribution is -2.36. The Kier molecular flexibility index (Phi) is 6.04. The first-order chi connectivity index (χ1) is 15.0. The van der Waals surface area contributed by atoms with E-state index in [1.165, 1.54) is 20.3 Å². The highest BCUT2D eigenvalue weighted by molar-refractivity contribution is 5.76. The smallest absolute Gasteiger partial charge is 0.323 e. The third kappa shape index (κ3) is 4.18. The number of benzene rings is 2. The van der Waals surface area contributed by atoms with Crippen LogP contribution in [0.1, 0.15) is 24.0 Å². The third-order valence-corrected chi connectivity index (χ3v) is 5.79. The minimum Gasteiger partial charge on any atom is -0.494 e. The van der Waals surface area contributed by atoms with Gasteiger partial charge in [-0.1, -0.05) is 18.2 Å². The van der Waals surface area contributed by atoms with Gasteiger partial charge in [0.2, 0.25) is 0 Å². The quantitative estimate of drug-likeness (QED) is 0.558. The van der Waals surface area contributed by atoms with Crippen LogP contribution in [0, 0.1) is 12.7 Å². The SMILES string of the molecule is COC(=O)[C@@H]1CCCN1Cc1cn(-c2ccccc2C)nc1-c1ccc(OC)c(F)c1. The lowest BCUT2D eigenvalue weighted by molar-refractivity contribution is -0.146. The van der Waals surface area contributed by atoms with Gasteiger partial charge in [0, 0.05) is 23.9 Å². The molecule has 0 amide bonds. The van der Waals surface area contributed by atoms with Crippen molar-refractivity contribution in [1.29, 1.82) is 0 Å². The predicted octanol–water partition coefficient (Wildman–Crippen LogP) is 4.13. The van der Waals surface area contributed by atoms with Crippen LogP contribution in [0.25, 0.3) is 16.9 Å². The maximum absolute atomic E-state index is 14.4. The molecule has 31 heavy (non-hydrogen) atoms. The molecule has 2 heterocycles. The van der Waals surface area contributed by atoms with Crippen molar-refractivity contribution in [3.63, 3.8) is 0 Å². The number of para-hydroxylation sites is 1. The zero-order chi connectivity index (χ0) is 22.0. The van der Waals surface area contributed by atoms with Crippen molar-refractivity contribution in [3.8, 4) is 22.7 Å². The summed E-state index contributed by atoms with van der Waals surface area (Å²) in [6.45, 7) is 3.34. The van der Waals surface area contributed by atoms with Crippen molar-refractivity contribution in [2.45, 2.75) is 32.4 Å². The summed E-state index contributed by atoms with van der Waals surface area (Å²) in [6.07, 6.45) is 3.66. The van der Waals surface area contributed by atoms with Gasteiger partial charge in [0.25, 0.3) is 0 Å². The molecule has 1 aromatic heterocycles. The number of aromatic nitrogens is 2. The van der Waals surface area contributed by atoms with Gasteiger partial charge < -0.3 is 9.47 Å². The molecule has 6 nitrogen and oxygen atoms in total. The second-order valence-electron chi connectivity index (χ2n) is 7.73. The Bertz CT molecular complexity index is 1100. The summed E-state index contributed by atoms with van der Waals surface area (Å²) >= 11 is 0. The van der Waals surface area contributed by atoms with E-state index in [1.807, 2.05) is 42.1 Å². The normalized spacial score (nSPS) is 16.5. The van der Waals surface area contributed by atoms with Crippen molar-refractivity contribution >= 4 is 5.97 Å². The molecule has 2 aromatic carbocycles. The van der Waals surface area contributed by atoms with E-state index in [0.29, 0.717) is 17.8 Å². The summed E-state index contributed by atoms with van der Waals surface area (Å²) in [5.41, 5.74) is 4.30. The highest BCUT2D eigenvalue weighted by Crippen LogP contribution is 2.31. The van der Waals surface area contributed by atoms with E-state index in [4.69, 9.17) is 14.6 Å². The molecule has 0 unspecified atom stereocenters. The molecule has 0 bridgehead atoms. The minimum absolute atomic E-state index is 0.189. The van der Waals surface area contributed by atoms with Gasteiger partial charge in [-0.2, -0.15) is 5.10 Å². The van der Waals surface area contributed by atoms with Crippen molar-refractivity contribution in [2.24, 2.45) is 0 Å². The zero-order valence-corrected chi connectivity index (χ0v) is 18.0. The number of esters is 1. The van der Waals surface area contributed by atoms with Crippen molar-refractivity contribution in [1.82, 2.24) is 14.7 Å². The fourth-order valence-corrected chi connectivity index (χ4v) is 4.16. The minimum atomic E-state index is -0.440. The van der Waals surface area contributed by atoms with Gasteiger partial charge in [-0.25, -0.2) is 9.07 Å². The molecule has 7 heteroatoms. The first kappa shape index (κ1) is 21.1. The van der Waals surface area contributed by atoms with Crippen LogP contribution in [0.15, 0.2) is 48.7 Å². The van der Waals surface area contributed by atoms with Crippen LogP contribution in [0.4, 0.5) is 4.39 Å². The topological polar surface area (TPSA) is 56.6 Å². The van der Waals surface area contributed by atoms with Crippen LogP contribution in [-0.4, -0.2) is 47.5 Å². The van der Waals surface area contributed by atoms with Crippen LogP contribution in [0.5, 0.6) is 5.75 Å². The zero-order valence-electron chi connectivity index (χ0n) is 18.0. The van der Waals surface area contributed by atoms with Gasteiger partial charge in [-0.3, -0.25) is 9.69 Å². The molecule has 162 valence electrons. The average molecular weight is 423 g/mol. The van der Waals surface area contributed by atoms with Crippen molar-refractivity contribution in [3.05, 3.63) is 65.6 Å². The standard InChI is InChI=1S/C24H26FN3O3/c1-16-7-4-5-8-20(16)28-15-18(14-27-12-6-9-21(27)24(29)31-3)23(26-28)17-10-11-22(30-2)19(25)13-17/h4-5,7-8,10-11,13,15,21H,6,9,12,14H2,1-3H3/t21-/m0/s1. The molecule has 1 aliphatic heterocycles. The van der Waals surface area contributed by atoms with Crippen LogP contribution < -0.4 is 4.74 Å². The highest BCUT2D eigenvalue weighted by atomic mass is 19.1. The Balaban J connectivity index is 1.76. The van der Waals surface area contributed by atoms with Crippen LogP contribution in [0.2, 0.25) is 0 Å². The van der Waals surface area contributed by atoms with Crippen LogP contribution in [0.3, 0.4) is 0 Å². The monoisotopic (exact) mass is 423 g/mol. The molecular weight excluding hydrogens is 397 g/mol. The summed E-state index contributed by atoms with van der Waals surface area (Å²) in [4.78, 5) is 14.3. The van der Waals surface area contributed by atoms with Crippen molar-refractivity contribution in [2.75, 3.05) is 20.8 Å². The Morgan fingerprint density at radius 1 is 1.23 bits per heavy atom. The van der Waals surface area contributed by atoms with Gasteiger partial charge in [0.1, 0.15) is 6.04 Å². The number of nitrogens with zero attached hydrogens (tertiary/aromatic N) is 3. The fourth-order valence-electron chi connectivity index (χ4n) is 4.16. The number of rotatable bonds is 6. The largest absolute Gasteiger partial charge is 0.494 e. The van der Waals surface area contributed by atoms with Crippen molar-refractivity contribution < 1.29 is 18.7 Å². The lowest BCUT2D eigenvalue weighted by Gasteiger charge is -2.22. The summed E-state index contributed by atoms with van der Waals surface area (Å²) in [7, 11) is 2.86. The first-order valence-corrected chi connectivity index (χ1v) is 10.3. The third-order valence-electron chi connectivity index (χ3n) is 5.79. The molecule has 1 aliphatic rings. The van der Waals surface area contributed by atoms with Gasteiger partial charge >= 0.3 is 5.97 Å². The van der Waals surface area contributed by atoms with Gasteiger partial charge in [0.05, 0.1) is 25.6 Å². The number of aryl methyl sites for hydroxylation is 1. The molecule has 1 fully saturated rings. The Morgan fingerprint density at radius 3 is 2.74 bits per heavy atom. The molecular formula is C24H26FN3O3. The number of hydrogen-bond acceptors (Lipinski definition) is 5. The van der Waals surface area contributed by atoms with E-state index in [9.17, 15) is 9.18 Å². The van der Waals surface area contributed by atoms with E-state index in [2.05, 4.69) is 4.90 Å². The molecule has 1 atom stereocenters. The Hall–Kier alpha value is -3.19. The molecule has 1 saturated heterocycles. The second kappa shape index (κ2) is 8.89. The lowest BCUT2D eigenvalue weighted by atomic mass is 10.1. The molecule has 0 spiro atoms. The molecule has 3 aromatic rings. The molecule has 0 saturated carbocycles. The Labute approximate surface area is 181 Å². The van der Waals surface area contributed by atoms with Gasteiger partial charge in [-0.15, -0.1) is 0 Å². The van der Waals surface area contributed by atoms with Crippen LogP contribution >= 0.6 is 0 Å². The average Bonchev–Trinajstić information content (AvgIpc) is 3.41. The number of likely N-dealkylation sites (tertiary alicyclic amines) is 1. The van der Waals surface area contributed by atoms with Gasteiger partial charge in [-0.05, 0) is 56.1 Å². The van der Waals surface area contributed by atoms with E-state index in [1.54, 1.807) is 12.1 Å². The fraction of sp³-hybridized carbons (Fsp3) is 0.333. The summed E-state index contributed by atoms with van der Waals surface area (Å²) in [5.74, 6) is -0.472. The molecule has 0 radical (unpaired) electrons. The number of carbonyl (C=O) groups is 1. The second-order valence-corrected chi connectivity index (χ2v) is 7.73. The van der Waals surface area contributed by atoms with E-state index in [-0.39, 0.29) is 17.8 Å². The number of hydrogen-bond donors (Lipinski definition) is 0. The summed E-state index contributed by atoms with van der Waals surface area (Å²) < 4.78 is 26.3. The number of ether oxygens (including phenoxy) is 2. The van der Waals surface area contributed by atoms with E-state index in [0.717, 1.165) is 36.2 Å². The predicted molar refractivity (Wildman–Crippen MR) is 116 cm³/mol. The molecule has 0 N–H and O–H groups in total. The molecule has 0 aliphatic carbocycles. The maximum atomic E-state index is 14.4. The summed E-state index contributed by atoms with van der Waals surface area (Å²) in [6, 6.07) is 12.5. The maximum Gasteiger partial charge on any atom is 0.323 e. The van der Waals surface area contributed by atoms with Crippen LogP contribution in [-0.2, 0) is 16.1 Å². The molecule has 4 rings (SSSR count). The summed E-state index contributed by atoms with van der Waals surface area (Å²) in [5, 5.41) is 4.81. The van der Waals surface area contributed by atoms with E-state index >= 15 is 0 Å². The number of halogens is 1. The van der Waals surface area contributed by atoms with E-state index < -0.39 is 5.82 Å².